The molecule has 0 bridgehead atoms. The highest BCUT2D eigenvalue weighted by molar-refractivity contribution is 4.52. The molecule has 2 N–H and O–H groups in total. The van der Waals surface area contributed by atoms with E-state index in [1.54, 1.807) is 0 Å². The van der Waals surface area contributed by atoms with E-state index in [9.17, 15) is 0 Å². The molecule has 0 aliphatic carbocycles. The average molecular weight is 509 g/mol. The van der Waals surface area contributed by atoms with E-state index in [1.165, 1.54) is 193 Å². The van der Waals surface area contributed by atoms with E-state index >= 15 is 0 Å². The van der Waals surface area contributed by atoms with Gasteiger partial charge >= 0.3 is 0 Å². The third-order valence-corrected chi connectivity index (χ3v) is 7.94. The van der Waals surface area contributed by atoms with Gasteiger partial charge in [-0.25, -0.2) is 0 Å². The lowest BCUT2D eigenvalue weighted by Crippen LogP contribution is -2.33. The average Bonchev–Trinajstić information content (AvgIpc) is 2.89. The van der Waals surface area contributed by atoms with Gasteiger partial charge in [0.15, 0.2) is 0 Å². The molecule has 0 unspecified atom stereocenters. The standard InChI is InChI=1S/C34H72N2/c1-3-5-7-9-11-13-15-17-19-20-22-24-26-28-30-32-34-36-35-33-31-29-27-25-23-21-18-16-14-12-10-8-6-4-2/h35-36H,3-34H2,1-2H3. The van der Waals surface area contributed by atoms with E-state index in [2.05, 4.69) is 24.7 Å². The highest BCUT2D eigenvalue weighted by atomic mass is 15.3. The molecule has 0 spiro atoms. The molecule has 0 saturated carbocycles. The predicted molar refractivity (Wildman–Crippen MR) is 166 cm³/mol. The Morgan fingerprint density at radius 2 is 0.389 bits per heavy atom. The molecule has 0 saturated heterocycles. The van der Waals surface area contributed by atoms with Crippen LogP contribution in [0.1, 0.15) is 206 Å². The van der Waals surface area contributed by atoms with Crippen LogP contribution in [0.5, 0.6) is 0 Å². The third kappa shape index (κ3) is 33.9. The summed E-state index contributed by atoms with van der Waals surface area (Å²) in [5.74, 6) is 0. The molecule has 0 aromatic carbocycles. The zero-order valence-corrected chi connectivity index (χ0v) is 25.6. The van der Waals surface area contributed by atoms with Crippen molar-refractivity contribution in [1.29, 1.82) is 0 Å². The summed E-state index contributed by atoms with van der Waals surface area (Å²) in [6, 6.07) is 0. The van der Waals surface area contributed by atoms with Crippen LogP contribution in [-0.2, 0) is 0 Å². The van der Waals surface area contributed by atoms with Gasteiger partial charge in [-0.15, -0.1) is 0 Å². The zero-order chi connectivity index (χ0) is 26.0. The van der Waals surface area contributed by atoms with Gasteiger partial charge in [0.1, 0.15) is 0 Å². The van der Waals surface area contributed by atoms with E-state index in [0.717, 1.165) is 13.1 Å². The van der Waals surface area contributed by atoms with Gasteiger partial charge in [-0.3, -0.25) is 10.9 Å². The monoisotopic (exact) mass is 509 g/mol. The summed E-state index contributed by atoms with van der Waals surface area (Å²) in [6.45, 7) is 6.88. The summed E-state index contributed by atoms with van der Waals surface area (Å²) in [6.07, 6.45) is 43.3. The lowest BCUT2D eigenvalue weighted by Gasteiger charge is -2.07. The van der Waals surface area contributed by atoms with Gasteiger partial charge in [-0.2, -0.15) is 0 Å². The Morgan fingerprint density at radius 3 is 0.583 bits per heavy atom. The van der Waals surface area contributed by atoms with Gasteiger partial charge in [0.05, 0.1) is 0 Å². The Labute approximate surface area is 230 Å². The van der Waals surface area contributed by atoms with E-state index in [4.69, 9.17) is 0 Å². The summed E-state index contributed by atoms with van der Waals surface area (Å²) < 4.78 is 0. The summed E-state index contributed by atoms with van der Waals surface area (Å²) >= 11 is 0. The van der Waals surface area contributed by atoms with Crippen molar-refractivity contribution in [3.63, 3.8) is 0 Å². The minimum atomic E-state index is 1.14. The van der Waals surface area contributed by atoms with E-state index in [1.807, 2.05) is 0 Å². The Kier molecular flexibility index (Phi) is 34.8. The van der Waals surface area contributed by atoms with Crippen molar-refractivity contribution in [3.05, 3.63) is 0 Å². The molecular formula is C34H72N2. The number of hydrogen-bond donors (Lipinski definition) is 2. The van der Waals surface area contributed by atoms with Crippen LogP contribution in [0.25, 0.3) is 0 Å². The van der Waals surface area contributed by atoms with Gasteiger partial charge in [-0.1, -0.05) is 194 Å². The molecule has 0 atom stereocenters. The number of rotatable bonds is 33. The van der Waals surface area contributed by atoms with Crippen molar-refractivity contribution in [2.45, 2.75) is 206 Å². The quantitative estimate of drug-likeness (QED) is 0.0680. The van der Waals surface area contributed by atoms with Crippen LogP contribution in [0.15, 0.2) is 0 Å². The van der Waals surface area contributed by atoms with Gasteiger partial charge in [0.25, 0.3) is 0 Å². The molecule has 36 heavy (non-hydrogen) atoms. The fraction of sp³-hybridized carbons (Fsp3) is 1.00. The number of hydrogen-bond acceptors (Lipinski definition) is 2. The van der Waals surface area contributed by atoms with Crippen molar-refractivity contribution in [2.75, 3.05) is 13.1 Å². The van der Waals surface area contributed by atoms with Crippen molar-refractivity contribution in [1.82, 2.24) is 10.9 Å². The molecule has 0 aromatic heterocycles. The first-order valence-electron chi connectivity index (χ1n) is 17.4. The summed E-state index contributed by atoms with van der Waals surface area (Å²) in [5, 5.41) is 0. The molecule has 0 amide bonds. The van der Waals surface area contributed by atoms with Crippen molar-refractivity contribution in [3.8, 4) is 0 Å². The van der Waals surface area contributed by atoms with Crippen LogP contribution in [0.3, 0.4) is 0 Å². The van der Waals surface area contributed by atoms with Crippen LogP contribution >= 0.6 is 0 Å². The number of unbranched alkanes of at least 4 members (excludes halogenated alkanes) is 28. The molecule has 2 nitrogen and oxygen atoms in total. The number of hydrazine groups is 1. The maximum absolute atomic E-state index is 3.43. The fourth-order valence-electron chi connectivity index (χ4n) is 5.35. The summed E-state index contributed by atoms with van der Waals surface area (Å²) in [5.41, 5.74) is 6.86. The van der Waals surface area contributed by atoms with E-state index in [0.29, 0.717) is 0 Å². The van der Waals surface area contributed by atoms with Gasteiger partial charge in [0.2, 0.25) is 0 Å². The first-order valence-corrected chi connectivity index (χ1v) is 17.4. The van der Waals surface area contributed by atoms with Crippen LogP contribution in [-0.4, -0.2) is 13.1 Å². The predicted octanol–water partition coefficient (Wildman–Crippen LogP) is 11.8. The molecule has 0 radical (unpaired) electrons. The maximum atomic E-state index is 3.43. The topological polar surface area (TPSA) is 24.1 Å². The molecule has 0 fully saturated rings. The van der Waals surface area contributed by atoms with Crippen molar-refractivity contribution >= 4 is 0 Å². The molecule has 0 aliphatic rings. The molecule has 0 rings (SSSR count). The van der Waals surface area contributed by atoms with Crippen LogP contribution in [0, 0.1) is 0 Å². The second kappa shape index (κ2) is 34.9. The van der Waals surface area contributed by atoms with Gasteiger partial charge in [0, 0.05) is 13.1 Å². The molecule has 0 aromatic rings. The molecule has 0 aliphatic heterocycles. The minimum absolute atomic E-state index is 1.14. The van der Waals surface area contributed by atoms with Crippen LogP contribution in [0.4, 0.5) is 0 Å². The first kappa shape index (κ1) is 35.9. The maximum Gasteiger partial charge on any atom is 0.00997 e. The summed E-state index contributed by atoms with van der Waals surface area (Å²) in [7, 11) is 0. The SMILES string of the molecule is CCCCCCCCCCCCCCCCCCNNCCCCCCCCCCCCCCCC. The second-order valence-electron chi connectivity index (χ2n) is 11.8. The van der Waals surface area contributed by atoms with Crippen LogP contribution in [0.2, 0.25) is 0 Å². The molecule has 2 heteroatoms. The summed E-state index contributed by atoms with van der Waals surface area (Å²) in [4.78, 5) is 0. The molecular weight excluding hydrogens is 436 g/mol. The largest absolute Gasteiger partial charge is 0.258 e. The van der Waals surface area contributed by atoms with Gasteiger partial charge < -0.3 is 0 Å². The number of nitrogens with one attached hydrogen (secondary N) is 2. The molecule has 218 valence electrons. The lowest BCUT2D eigenvalue weighted by atomic mass is 10.0. The van der Waals surface area contributed by atoms with E-state index < -0.39 is 0 Å². The second-order valence-corrected chi connectivity index (χ2v) is 11.8. The van der Waals surface area contributed by atoms with Crippen LogP contribution < -0.4 is 10.9 Å². The highest BCUT2D eigenvalue weighted by Gasteiger charge is 1.96. The fourth-order valence-corrected chi connectivity index (χ4v) is 5.35. The highest BCUT2D eigenvalue weighted by Crippen LogP contribution is 2.14. The Bertz CT molecular complexity index is 323. The third-order valence-electron chi connectivity index (χ3n) is 7.94. The lowest BCUT2D eigenvalue weighted by molar-refractivity contribution is 0.476. The first-order chi connectivity index (χ1) is 17.9. The smallest absolute Gasteiger partial charge is 0.00997 e. The normalized spacial score (nSPS) is 11.5. The Hall–Kier alpha value is -0.0800. The van der Waals surface area contributed by atoms with Crippen molar-refractivity contribution in [2.24, 2.45) is 0 Å². The van der Waals surface area contributed by atoms with Gasteiger partial charge in [-0.05, 0) is 12.8 Å². The minimum Gasteiger partial charge on any atom is -0.258 e. The molecule has 0 heterocycles. The van der Waals surface area contributed by atoms with Crippen molar-refractivity contribution < 1.29 is 0 Å². The van der Waals surface area contributed by atoms with E-state index in [-0.39, 0.29) is 0 Å². The Morgan fingerprint density at radius 1 is 0.222 bits per heavy atom. The zero-order valence-electron chi connectivity index (χ0n) is 25.6. The Balaban J connectivity index is 3.00.